The zero-order valence-corrected chi connectivity index (χ0v) is 50.8. The van der Waals surface area contributed by atoms with Crippen LogP contribution in [0.5, 0.6) is 11.8 Å². The number of hydrogen-bond donors (Lipinski definition) is 3. The number of aromatic hydroxyl groups is 1. The Morgan fingerprint density at radius 3 is 2.33 bits per heavy atom. The first-order valence-electron chi connectivity index (χ1n) is 30.7. The van der Waals surface area contributed by atoms with E-state index in [0.29, 0.717) is 59.6 Å². The molecule has 7 aromatic rings. The summed E-state index contributed by atoms with van der Waals surface area (Å²) in [6, 6.07) is 15.6. The third-order valence-electron chi connectivity index (χ3n) is 18.3. The highest BCUT2D eigenvalue weighted by Crippen LogP contribution is 2.42. The predicted octanol–water partition coefficient (Wildman–Crippen LogP) is 8.98. The highest BCUT2D eigenvalue weighted by Gasteiger charge is 2.47. The molecule has 0 spiro atoms. The first kappa shape index (κ1) is 59.9. The summed E-state index contributed by atoms with van der Waals surface area (Å²) in [7, 11) is 1.89. The number of likely N-dealkylation sites (tertiary alicyclic amines) is 2. The molecular formula is C66H76F2N12O8. The summed E-state index contributed by atoms with van der Waals surface area (Å²) in [6.07, 6.45) is 12.6. The predicted molar refractivity (Wildman–Crippen MR) is 327 cm³/mol. The van der Waals surface area contributed by atoms with Gasteiger partial charge in [-0.25, -0.2) is 13.6 Å². The van der Waals surface area contributed by atoms with Gasteiger partial charge in [-0.1, -0.05) is 55.3 Å². The first-order chi connectivity index (χ1) is 42.2. The molecule has 5 fully saturated rings. The molecule has 0 aliphatic carbocycles. The Kier molecular flexibility index (Phi) is 16.5. The molecule has 12 rings (SSSR count). The maximum atomic E-state index is 17.3. The minimum Gasteiger partial charge on any atom is -0.508 e. The number of aliphatic hydroxyl groups excluding tert-OH is 1. The van der Waals surface area contributed by atoms with E-state index in [1.165, 1.54) is 35.4 Å². The average Bonchev–Trinajstić information content (AvgIpc) is 1.29. The number of carbonyl (C=O) groups is 3. The van der Waals surface area contributed by atoms with Crippen LogP contribution in [0.2, 0.25) is 0 Å². The topological polar surface area (TPSA) is 221 Å². The van der Waals surface area contributed by atoms with Gasteiger partial charge in [0.05, 0.1) is 40.9 Å². The number of phenols is 1. The number of fused-ring (bicyclic) bond motifs is 4. The van der Waals surface area contributed by atoms with Gasteiger partial charge in [-0.15, -0.1) is 6.42 Å². The lowest BCUT2D eigenvalue weighted by Crippen LogP contribution is -2.57. The zero-order chi connectivity index (χ0) is 61.9. The van der Waals surface area contributed by atoms with Crippen molar-refractivity contribution in [2.24, 2.45) is 24.8 Å². The number of phenolic OH excluding ortho intramolecular Hbond substituents is 1. The largest absolute Gasteiger partial charge is 0.508 e. The average molecular weight is 1200 g/mol. The van der Waals surface area contributed by atoms with E-state index in [1.807, 2.05) is 94.8 Å². The summed E-state index contributed by atoms with van der Waals surface area (Å²) in [5, 5.41) is 34.3. The molecule has 22 heteroatoms. The minimum absolute atomic E-state index is 0.0300. The number of amides is 3. The Morgan fingerprint density at radius 2 is 1.65 bits per heavy atom. The quantitative estimate of drug-likeness (QED) is 0.0769. The highest BCUT2D eigenvalue weighted by molar-refractivity contribution is 6.03. The number of anilines is 2. The van der Waals surface area contributed by atoms with Crippen LogP contribution in [0.25, 0.3) is 44.2 Å². The molecule has 5 aliphatic rings. The lowest BCUT2D eigenvalue weighted by molar-refractivity contribution is -0.141. The monoisotopic (exact) mass is 1200 g/mol. The maximum absolute atomic E-state index is 17.3. The van der Waals surface area contributed by atoms with Gasteiger partial charge in [0.1, 0.15) is 52.8 Å². The third kappa shape index (κ3) is 12.0. The number of terminal acetylenes is 1. The summed E-state index contributed by atoms with van der Waals surface area (Å²) < 4.78 is 52.4. The van der Waals surface area contributed by atoms with Crippen molar-refractivity contribution in [3.05, 3.63) is 102 Å². The number of nitrogens with zero attached hydrogens (tertiary/aromatic N) is 11. The number of benzene rings is 3. The van der Waals surface area contributed by atoms with Crippen molar-refractivity contribution in [3.63, 3.8) is 0 Å². The number of hydrogen-bond acceptors (Lipinski definition) is 16. The first-order valence-corrected chi connectivity index (χ1v) is 30.7. The van der Waals surface area contributed by atoms with Crippen molar-refractivity contribution in [3.8, 4) is 46.6 Å². The highest BCUT2D eigenvalue weighted by atomic mass is 19.1. The molecule has 5 aliphatic heterocycles. The molecule has 0 radical (unpaired) electrons. The number of pyridine rings is 1. The summed E-state index contributed by atoms with van der Waals surface area (Å²) in [4.78, 5) is 65.7. The minimum atomic E-state index is -0.844. The van der Waals surface area contributed by atoms with Crippen molar-refractivity contribution >= 4 is 51.2 Å². The summed E-state index contributed by atoms with van der Waals surface area (Å²) in [6.45, 7) is 16.4. The normalized spacial score (nSPS) is 20.8. The summed E-state index contributed by atoms with van der Waals surface area (Å²) >= 11 is 0. The maximum Gasteiger partial charge on any atom is 0.410 e. The van der Waals surface area contributed by atoms with E-state index in [2.05, 4.69) is 41.3 Å². The van der Waals surface area contributed by atoms with Gasteiger partial charge >= 0.3 is 12.1 Å². The fourth-order valence-electron chi connectivity index (χ4n) is 13.8. The molecule has 9 heterocycles. The number of β-amino-alcohol motifs (C(OH)–C–C–N with tert-alkyl or cyclic N) is 1. The van der Waals surface area contributed by atoms with Gasteiger partial charge in [0.15, 0.2) is 17.4 Å². The fourth-order valence-corrected chi connectivity index (χ4v) is 13.8. The van der Waals surface area contributed by atoms with E-state index in [9.17, 15) is 24.6 Å². The van der Waals surface area contributed by atoms with Crippen LogP contribution in [0.1, 0.15) is 109 Å². The van der Waals surface area contributed by atoms with Crippen LogP contribution in [-0.4, -0.2) is 162 Å². The van der Waals surface area contributed by atoms with Gasteiger partial charge in [0, 0.05) is 82.1 Å². The van der Waals surface area contributed by atoms with Gasteiger partial charge in [-0.3, -0.25) is 29.1 Å². The van der Waals surface area contributed by atoms with Gasteiger partial charge in [-0.2, -0.15) is 15.1 Å². The second kappa shape index (κ2) is 24.3. The van der Waals surface area contributed by atoms with Gasteiger partial charge in [0.2, 0.25) is 11.8 Å². The Labute approximate surface area is 510 Å². The number of rotatable bonds is 16. The van der Waals surface area contributed by atoms with Crippen LogP contribution in [0.15, 0.2) is 77.6 Å². The van der Waals surface area contributed by atoms with Crippen LogP contribution >= 0.6 is 0 Å². The van der Waals surface area contributed by atoms with E-state index in [4.69, 9.17) is 25.4 Å². The Balaban J connectivity index is 0.661. The van der Waals surface area contributed by atoms with Crippen LogP contribution in [0.4, 0.5) is 25.2 Å². The molecule has 3 amide bonds. The van der Waals surface area contributed by atoms with Crippen molar-refractivity contribution in [1.29, 1.82) is 0 Å². The molecule has 2 unspecified atom stereocenters. The van der Waals surface area contributed by atoms with E-state index in [-0.39, 0.29) is 101 Å². The molecule has 20 nitrogen and oxygen atoms in total. The number of aromatic nitrogens is 6. The molecule has 462 valence electrons. The molecule has 4 aromatic heterocycles. The standard InChI is InChI=1S/C66H76F2N12O8/c1-9-48-51(67)17-14-43-27-46(81)28-49(57(43)48)59-58(68)60-50(31-69-59)61(78-34-44-15-16-45(35-78)80(44)65(85)87-66(5,6)7)73-64(72-60)86-25-24-76-22-19-39(20-23-76)26-40-32-77(33-40)55-30-54(88-74-55)56(37(2)3)63(84)79-36-47(82)29-53(79)62(83)71-38(4)41-10-12-42(13-11-41)52-18-21-70-75(52)8/h1,10-14,17-18,21,27-28,30-31,37-40,44-45,47,53,56,81-82H,15-16,19-20,22-26,29,32-36H2,2-8H3,(H,71,83)/t38-,44?,45?,47+,53-,56-/m0/s1. The molecule has 6 atom stereocenters. The van der Waals surface area contributed by atoms with Crippen LogP contribution in [0, 0.1) is 41.7 Å². The van der Waals surface area contributed by atoms with Crippen LogP contribution < -0.4 is 19.9 Å². The van der Waals surface area contributed by atoms with E-state index >= 15 is 8.78 Å². The zero-order valence-electron chi connectivity index (χ0n) is 50.8. The number of piperazine rings is 1. The molecule has 5 saturated heterocycles. The Bertz CT molecular complexity index is 3800. The number of carbonyl (C=O) groups excluding carboxylic acids is 3. The van der Waals surface area contributed by atoms with Crippen LogP contribution in [-0.2, 0) is 21.4 Å². The van der Waals surface area contributed by atoms with Gasteiger partial charge in [-0.05, 0) is 131 Å². The number of piperidine rings is 1. The van der Waals surface area contributed by atoms with E-state index in [1.54, 1.807) is 10.9 Å². The number of nitrogens with one attached hydrogen (secondary N) is 1. The number of halogens is 2. The third-order valence-corrected chi connectivity index (χ3v) is 18.3. The van der Waals surface area contributed by atoms with Gasteiger partial charge in [0.25, 0.3) is 0 Å². The second-order valence-electron chi connectivity index (χ2n) is 25.9. The number of aliphatic hydroxyl groups is 1. The lowest BCUT2D eigenvalue weighted by Gasteiger charge is -2.42. The Hall–Kier alpha value is -8.42. The van der Waals surface area contributed by atoms with E-state index in [0.717, 1.165) is 75.1 Å². The fraction of sp³-hybridized carbons (Fsp3) is 0.485. The molecule has 88 heavy (non-hydrogen) atoms. The SMILES string of the molecule is C#Cc1c(F)ccc2cc(O)cc(-c3ncc4c(N5CC6CCC(C5)N6C(=O)OC(C)(C)C)nc(OCCN5CCC(CC6CN(c7cc([C@@H](C(=O)N8C[C@H](O)C[C@H]8C(=O)N[C@@H](C)c8ccc(-c9ccnn9C)cc8)C(C)C)on7)C6)CC5)nc4c3F)c12. The smallest absolute Gasteiger partial charge is 0.410 e. The van der Waals surface area contributed by atoms with Gasteiger partial charge < -0.3 is 44.2 Å². The van der Waals surface area contributed by atoms with Crippen molar-refractivity contribution in [2.45, 2.75) is 122 Å². The molecule has 3 aromatic carbocycles. The summed E-state index contributed by atoms with van der Waals surface area (Å²) in [5.41, 5.74) is 1.99. The van der Waals surface area contributed by atoms with Crippen molar-refractivity contribution in [2.75, 3.05) is 68.8 Å². The molecule has 3 N–H and O–H groups in total. The number of aryl methyl sites for hydroxylation is 1. The lowest BCUT2D eigenvalue weighted by atomic mass is 9.83. The second-order valence-corrected chi connectivity index (χ2v) is 25.9. The Morgan fingerprint density at radius 1 is 0.909 bits per heavy atom. The summed E-state index contributed by atoms with van der Waals surface area (Å²) in [5.74, 6) is 1.75. The van der Waals surface area contributed by atoms with Crippen molar-refractivity contribution in [1.82, 2.24) is 49.9 Å². The number of ether oxygens (including phenoxy) is 2. The molecular weight excluding hydrogens is 1130 g/mol. The molecule has 2 bridgehead atoms. The van der Waals surface area contributed by atoms with Crippen molar-refractivity contribution < 1.29 is 47.4 Å². The van der Waals surface area contributed by atoms with Crippen LogP contribution in [0.3, 0.4) is 0 Å². The van der Waals surface area contributed by atoms with E-state index < -0.39 is 35.3 Å². The molecule has 0 saturated carbocycles.